The van der Waals surface area contributed by atoms with Crippen LogP contribution in [0.25, 0.3) is 16.4 Å². The Morgan fingerprint density at radius 3 is 2.17 bits per heavy atom. The maximum atomic E-state index is 11.2. The van der Waals surface area contributed by atoms with Crippen LogP contribution in [0.5, 0.6) is 0 Å². The van der Waals surface area contributed by atoms with Crippen molar-refractivity contribution in [3.63, 3.8) is 0 Å². The molecule has 6 nitrogen and oxygen atoms in total. The van der Waals surface area contributed by atoms with Gasteiger partial charge < -0.3 is 29.3 Å². The third-order valence-corrected chi connectivity index (χ3v) is 20.1. The van der Waals surface area contributed by atoms with Gasteiger partial charge in [-0.15, -0.1) is 13.1 Å². The maximum absolute atomic E-state index is 11.2. The summed E-state index contributed by atoms with van der Waals surface area (Å²) in [7, 11) is -1.55. The van der Waals surface area contributed by atoms with Gasteiger partial charge in [-0.05, 0) is 153 Å². The Morgan fingerprint density at radius 1 is 0.925 bits per heavy atom. The van der Waals surface area contributed by atoms with Crippen molar-refractivity contribution in [2.45, 2.75) is 129 Å². The summed E-state index contributed by atoms with van der Waals surface area (Å²) < 4.78 is 11.8. The molecule has 0 aromatic heterocycles. The molecule has 1 saturated heterocycles. The summed E-state index contributed by atoms with van der Waals surface area (Å²) in [5, 5.41) is 15.8. The molecule has 8 heteroatoms. The number of hydrogen-bond acceptors (Lipinski definition) is 5. The molecular weight excluding hydrogens is 712 g/mol. The fourth-order valence-electron chi connectivity index (χ4n) is 12.9. The largest absolute Gasteiger partial charge is 2.00 e. The third kappa shape index (κ3) is 7.68. The number of ether oxygens (including phenoxy) is 1. The second-order valence-corrected chi connectivity index (χ2v) is 22.8. The first kappa shape index (κ1) is 41.2. The Labute approximate surface area is 334 Å². The number of aliphatic hydroxyl groups is 1. The molecule has 2 aromatic rings. The third-order valence-electron chi connectivity index (χ3n) is 16.1. The van der Waals surface area contributed by atoms with Crippen LogP contribution in [0.3, 0.4) is 0 Å². The Bertz CT molecular complexity index is 1490. The minimum Gasteiger partial charge on any atom is -0.660 e. The van der Waals surface area contributed by atoms with Gasteiger partial charge in [-0.1, -0.05) is 82.7 Å². The molecular formula is C45H66N2O4SiV. The summed E-state index contributed by atoms with van der Waals surface area (Å²) in [6.07, 6.45) is 10.9. The number of rotatable bonds is 9. The molecule has 10 atom stereocenters. The van der Waals surface area contributed by atoms with E-state index in [4.69, 9.17) is 9.16 Å². The van der Waals surface area contributed by atoms with Gasteiger partial charge in [-0.3, -0.25) is 0 Å². The minimum atomic E-state index is -1.55. The van der Waals surface area contributed by atoms with E-state index in [0.717, 1.165) is 56.3 Å². The average Bonchev–Trinajstić information content (AvgIpc) is 3.69. The molecule has 5 unspecified atom stereocenters. The van der Waals surface area contributed by atoms with E-state index >= 15 is 0 Å². The fraction of sp³-hybridized carbons (Fsp3) is 0.711. The molecule has 6 aliphatic rings. The number of fused-ring (bicyclic) bond motifs is 8. The SMILES string of the molecule is CC[Si](C)(CC)OC(C)[C@H]1CCC2C3CCC4C[C@H](O)[C@@H](N5CC[N-]CC5)C[C@]4(C)C3CC[C@@]21C.O=[C-]OCC1c2ccccc2-c2ccccc21.[V+2]. The van der Waals surface area contributed by atoms with Crippen molar-refractivity contribution >= 4 is 14.8 Å². The summed E-state index contributed by atoms with van der Waals surface area (Å²) in [5.41, 5.74) is 5.79. The molecule has 1 radical (unpaired) electrons. The van der Waals surface area contributed by atoms with Crippen LogP contribution in [-0.4, -0.2) is 75.8 Å². The smallest absolute Gasteiger partial charge is 0.660 e. The first-order chi connectivity index (χ1) is 25.1. The van der Waals surface area contributed by atoms with Gasteiger partial charge in [0.15, 0.2) is 8.32 Å². The van der Waals surface area contributed by atoms with E-state index in [1.165, 1.54) is 85.8 Å². The second kappa shape index (κ2) is 17.0. The van der Waals surface area contributed by atoms with Gasteiger partial charge in [0.05, 0.1) is 12.7 Å². The summed E-state index contributed by atoms with van der Waals surface area (Å²) in [5.74, 6) is 4.22. The van der Waals surface area contributed by atoms with E-state index in [0.29, 0.717) is 35.5 Å². The molecule has 0 spiro atoms. The number of hydrogen-bond donors (Lipinski definition) is 1. The van der Waals surface area contributed by atoms with Crippen molar-refractivity contribution in [3.05, 3.63) is 65.0 Å². The number of aliphatic hydroxyl groups excluding tert-OH is 1. The van der Waals surface area contributed by atoms with Crippen LogP contribution in [0.2, 0.25) is 18.6 Å². The Balaban J connectivity index is 0.000000223. The molecule has 4 saturated carbocycles. The normalized spacial score (nSPS) is 35.6. The second-order valence-electron chi connectivity index (χ2n) is 18.3. The van der Waals surface area contributed by atoms with Gasteiger partial charge in [0.1, 0.15) is 0 Å². The maximum Gasteiger partial charge on any atom is 2.00 e. The van der Waals surface area contributed by atoms with Crippen LogP contribution in [0.15, 0.2) is 48.5 Å². The minimum absolute atomic E-state index is 0. The zero-order chi connectivity index (χ0) is 36.7. The molecule has 53 heavy (non-hydrogen) atoms. The zero-order valence-electron chi connectivity index (χ0n) is 33.4. The summed E-state index contributed by atoms with van der Waals surface area (Å²) >= 11 is 0. The Morgan fingerprint density at radius 2 is 1.55 bits per heavy atom. The van der Waals surface area contributed by atoms with Crippen LogP contribution in [-0.2, 0) is 32.5 Å². The molecule has 0 amide bonds. The first-order valence-corrected chi connectivity index (χ1v) is 23.8. The number of piperazine rings is 1. The van der Waals surface area contributed by atoms with E-state index < -0.39 is 8.32 Å². The van der Waals surface area contributed by atoms with E-state index in [-0.39, 0.29) is 30.6 Å². The molecule has 5 aliphatic carbocycles. The topological polar surface area (TPSA) is 73.1 Å². The van der Waals surface area contributed by atoms with Crippen LogP contribution >= 0.6 is 0 Å². The molecule has 2 aromatic carbocycles. The van der Waals surface area contributed by atoms with Crippen LogP contribution < -0.4 is 0 Å². The van der Waals surface area contributed by atoms with Gasteiger partial charge in [0.2, 0.25) is 0 Å². The fourth-order valence-corrected chi connectivity index (χ4v) is 14.8. The molecule has 5 fully saturated rings. The van der Waals surface area contributed by atoms with Crippen molar-refractivity contribution in [3.8, 4) is 11.1 Å². The predicted molar refractivity (Wildman–Crippen MR) is 214 cm³/mol. The zero-order valence-corrected chi connectivity index (χ0v) is 35.8. The van der Waals surface area contributed by atoms with Crippen molar-refractivity contribution in [1.82, 2.24) is 4.90 Å². The van der Waals surface area contributed by atoms with Gasteiger partial charge in [-0.25, -0.2) is 0 Å². The van der Waals surface area contributed by atoms with E-state index in [1.54, 1.807) is 0 Å². The van der Waals surface area contributed by atoms with Gasteiger partial charge in [0, 0.05) is 18.1 Å². The number of nitrogens with zero attached hydrogens (tertiary/aromatic N) is 2. The molecule has 1 heterocycles. The van der Waals surface area contributed by atoms with E-state index in [1.807, 2.05) is 24.3 Å². The van der Waals surface area contributed by atoms with Crippen molar-refractivity contribution in [2.24, 2.45) is 40.4 Å². The summed E-state index contributed by atoms with van der Waals surface area (Å²) in [6.45, 7) is 20.8. The van der Waals surface area contributed by atoms with Crippen molar-refractivity contribution in [1.29, 1.82) is 0 Å². The van der Waals surface area contributed by atoms with Gasteiger partial charge >= 0.3 is 18.6 Å². The molecule has 1 N–H and O–H groups in total. The molecule has 289 valence electrons. The van der Waals surface area contributed by atoms with Crippen LogP contribution in [0.4, 0.5) is 0 Å². The Hall–Kier alpha value is -1.45. The monoisotopic (exact) mass is 777 g/mol. The quantitative estimate of drug-likeness (QED) is 0.203. The van der Waals surface area contributed by atoms with E-state index in [2.05, 4.69) is 75.6 Å². The molecule has 1 aliphatic heterocycles. The van der Waals surface area contributed by atoms with E-state index in [9.17, 15) is 9.90 Å². The van der Waals surface area contributed by atoms with Crippen molar-refractivity contribution < 1.29 is 37.6 Å². The van der Waals surface area contributed by atoms with Gasteiger partial charge in [0.25, 0.3) is 0 Å². The summed E-state index contributed by atoms with van der Waals surface area (Å²) in [6, 6.07) is 19.3. The van der Waals surface area contributed by atoms with Crippen LogP contribution in [0.1, 0.15) is 103 Å². The molecule has 8 rings (SSSR count). The van der Waals surface area contributed by atoms with Gasteiger partial charge in [-0.2, -0.15) is 0 Å². The predicted octanol–water partition coefficient (Wildman–Crippen LogP) is 9.57. The van der Waals surface area contributed by atoms with Crippen molar-refractivity contribution in [2.75, 3.05) is 32.8 Å². The first-order valence-electron chi connectivity index (χ1n) is 21.0. The summed E-state index contributed by atoms with van der Waals surface area (Å²) in [4.78, 5) is 12.8. The standard InChI is InChI=1S/C30H55N2O2Si.C15H11O2.V/c1-7-35(6,8-2)34-21(3)24-11-12-25-23-10-9-22-19-28(33)27(32-17-15-31-16-18-32)20-30(22,5)26(23)13-14-29(24,25)4;16-10-17-9-15-13-7-3-1-5-11(13)12-6-2-4-8-14(12)15;/h21-28,33H,7-20H2,1-6H3;1-8,15H,9H2;/q2*-1;+2/t21?,22?,23?,24-,25?,26?,27+,28+,29-,30+;;/m1../s1. The Kier molecular flexibility index (Phi) is 13.2. The number of carbonyl (C=O) groups excluding carboxylic acids is 1. The average molecular weight is 778 g/mol. The number of benzene rings is 2. The molecule has 0 bridgehead atoms. The van der Waals surface area contributed by atoms with Crippen LogP contribution in [0, 0.1) is 40.4 Å².